The monoisotopic (exact) mass is 401 g/mol. The van der Waals surface area contributed by atoms with Gasteiger partial charge in [0.25, 0.3) is 0 Å². The van der Waals surface area contributed by atoms with E-state index in [-0.39, 0.29) is 24.8 Å². The Hall–Kier alpha value is -2.65. The van der Waals surface area contributed by atoms with Crippen LogP contribution in [0.25, 0.3) is 0 Å². The van der Waals surface area contributed by atoms with E-state index in [4.69, 9.17) is 5.26 Å². The Bertz CT molecular complexity index is 799. The second-order valence-electron chi connectivity index (χ2n) is 5.34. The maximum Gasteiger partial charge on any atom is 0.242 e. The Morgan fingerprint density at radius 3 is 2.68 bits per heavy atom. The number of nitrogens with one attached hydrogen (secondary N) is 1. The number of nitriles is 1. The minimum atomic E-state index is -0.356. The number of nitrogens with zero attached hydrogens (tertiary/aromatic N) is 2. The molecule has 1 amide bonds. The number of anilines is 1. The van der Waals surface area contributed by atoms with E-state index in [0.717, 1.165) is 10.2 Å². The van der Waals surface area contributed by atoms with Crippen molar-refractivity contribution in [2.24, 2.45) is 0 Å². The number of benzene rings is 2. The van der Waals surface area contributed by atoms with E-state index in [2.05, 4.69) is 27.8 Å². The minimum absolute atomic E-state index is 0.0648. The molecular formula is C19H17BrFN3O. The van der Waals surface area contributed by atoms with Crippen molar-refractivity contribution in [3.8, 4) is 6.07 Å². The van der Waals surface area contributed by atoms with Crippen LogP contribution in [-0.4, -0.2) is 23.9 Å². The number of hydrogen-bond donors (Lipinski definition) is 1. The van der Waals surface area contributed by atoms with E-state index >= 15 is 0 Å². The van der Waals surface area contributed by atoms with Crippen LogP contribution >= 0.6 is 15.9 Å². The summed E-state index contributed by atoms with van der Waals surface area (Å²) in [6.45, 7) is 4.20. The third kappa shape index (κ3) is 5.44. The van der Waals surface area contributed by atoms with Gasteiger partial charge in [0.05, 0.1) is 18.2 Å². The van der Waals surface area contributed by atoms with Gasteiger partial charge < -0.3 is 10.2 Å². The number of rotatable bonds is 7. The van der Waals surface area contributed by atoms with Gasteiger partial charge >= 0.3 is 0 Å². The number of amides is 1. The van der Waals surface area contributed by atoms with Crippen molar-refractivity contribution in [1.29, 1.82) is 5.26 Å². The zero-order chi connectivity index (χ0) is 18.2. The molecular weight excluding hydrogens is 385 g/mol. The van der Waals surface area contributed by atoms with Gasteiger partial charge in [-0.25, -0.2) is 4.39 Å². The van der Waals surface area contributed by atoms with Crippen LogP contribution < -0.4 is 5.32 Å². The Balaban J connectivity index is 2.02. The van der Waals surface area contributed by atoms with Crippen molar-refractivity contribution in [2.75, 3.05) is 18.4 Å². The fourth-order valence-corrected chi connectivity index (χ4v) is 2.64. The van der Waals surface area contributed by atoms with Crippen LogP contribution in [0, 0.1) is 17.1 Å². The molecule has 0 aliphatic carbocycles. The molecule has 1 N–H and O–H groups in total. The second kappa shape index (κ2) is 9.00. The Morgan fingerprint density at radius 1 is 1.32 bits per heavy atom. The molecule has 0 spiro atoms. The second-order valence-corrected chi connectivity index (χ2v) is 6.26. The molecule has 0 heterocycles. The molecule has 0 saturated heterocycles. The summed E-state index contributed by atoms with van der Waals surface area (Å²) >= 11 is 3.31. The summed E-state index contributed by atoms with van der Waals surface area (Å²) in [6, 6.07) is 13.5. The molecule has 0 radical (unpaired) electrons. The molecule has 0 fully saturated rings. The molecule has 2 aromatic rings. The van der Waals surface area contributed by atoms with Crippen molar-refractivity contribution in [3.63, 3.8) is 0 Å². The fraction of sp³-hybridized carbons (Fsp3) is 0.158. The smallest absolute Gasteiger partial charge is 0.242 e. The van der Waals surface area contributed by atoms with Gasteiger partial charge in [0, 0.05) is 28.8 Å². The fourth-order valence-electron chi connectivity index (χ4n) is 2.23. The van der Waals surface area contributed by atoms with Crippen molar-refractivity contribution in [2.45, 2.75) is 6.54 Å². The van der Waals surface area contributed by atoms with Gasteiger partial charge in [0.2, 0.25) is 5.91 Å². The van der Waals surface area contributed by atoms with Gasteiger partial charge in [0.1, 0.15) is 5.82 Å². The number of halogens is 2. The highest BCUT2D eigenvalue weighted by Crippen LogP contribution is 2.17. The molecule has 128 valence electrons. The molecule has 0 bridgehead atoms. The Kier molecular flexibility index (Phi) is 6.72. The quantitative estimate of drug-likeness (QED) is 0.710. The summed E-state index contributed by atoms with van der Waals surface area (Å²) in [5, 5.41) is 11.8. The van der Waals surface area contributed by atoms with E-state index in [1.807, 2.05) is 6.07 Å². The maximum atomic E-state index is 13.9. The highest BCUT2D eigenvalue weighted by atomic mass is 79.9. The predicted molar refractivity (Wildman–Crippen MR) is 99.4 cm³/mol. The number of hydrogen-bond acceptors (Lipinski definition) is 3. The Morgan fingerprint density at radius 2 is 2.04 bits per heavy atom. The van der Waals surface area contributed by atoms with Gasteiger partial charge in [-0.15, -0.1) is 6.58 Å². The van der Waals surface area contributed by atoms with Crippen molar-refractivity contribution >= 4 is 27.5 Å². The molecule has 0 aliphatic rings. The molecule has 0 saturated carbocycles. The lowest BCUT2D eigenvalue weighted by molar-refractivity contribution is -0.129. The summed E-state index contributed by atoms with van der Waals surface area (Å²) in [4.78, 5) is 14.0. The molecule has 0 atom stereocenters. The third-order valence-corrected chi connectivity index (χ3v) is 4.02. The zero-order valence-corrected chi connectivity index (χ0v) is 15.1. The van der Waals surface area contributed by atoms with Crippen LogP contribution in [0.4, 0.5) is 10.1 Å². The molecule has 25 heavy (non-hydrogen) atoms. The topological polar surface area (TPSA) is 56.1 Å². The van der Waals surface area contributed by atoms with Crippen LogP contribution in [-0.2, 0) is 11.3 Å². The first-order valence-corrected chi connectivity index (χ1v) is 8.39. The summed E-state index contributed by atoms with van der Waals surface area (Å²) < 4.78 is 14.7. The van der Waals surface area contributed by atoms with E-state index in [0.29, 0.717) is 17.7 Å². The van der Waals surface area contributed by atoms with Gasteiger partial charge in [-0.3, -0.25) is 4.79 Å². The minimum Gasteiger partial charge on any atom is -0.376 e. The van der Waals surface area contributed by atoms with E-state index in [1.54, 1.807) is 42.5 Å². The Labute approximate surface area is 154 Å². The molecule has 2 rings (SSSR count). The van der Waals surface area contributed by atoms with Crippen molar-refractivity contribution in [1.82, 2.24) is 4.90 Å². The highest BCUT2D eigenvalue weighted by Gasteiger charge is 2.15. The average molecular weight is 402 g/mol. The predicted octanol–water partition coefficient (Wildman–Crippen LogP) is 4.09. The highest BCUT2D eigenvalue weighted by molar-refractivity contribution is 9.10. The van der Waals surface area contributed by atoms with Crippen molar-refractivity contribution < 1.29 is 9.18 Å². The first-order valence-electron chi connectivity index (χ1n) is 7.60. The van der Waals surface area contributed by atoms with Crippen LogP contribution in [0.5, 0.6) is 0 Å². The largest absolute Gasteiger partial charge is 0.376 e. The number of carbonyl (C=O) groups excluding carboxylic acids is 1. The standard InChI is InChI=1S/C19H17BrFN3O/c1-2-9-24(13-15-10-16(20)5-8-18(15)21)19(25)12-23-17-6-3-14(11-22)4-7-17/h2-8,10,23H,1,9,12-13H2. The maximum absolute atomic E-state index is 13.9. The molecule has 2 aromatic carbocycles. The third-order valence-electron chi connectivity index (χ3n) is 3.53. The average Bonchev–Trinajstić information content (AvgIpc) is 2.62. The molecule has 0 unspecified atom stereocenters. The van der Waals surface area contributed by atoms with Gasteiger partial charge in [-0.2, -0.15) is 5.26 Å². The normalized spacial score (nSPS) is 9.96. The van der Waals surface area contributed by atoms with Crippen LogP contribution in [0.2, 0.25) is 0 Å². The summed E-state index contributed by atoms with van der Waals surface area (Å²) in [5.41, 5.74) is 1.72. The van der Waals surface area contributed by atoms with Gasteiger partial charge in [-0.1, -0.05) is 22.0 Å². The SMILES string of the molecule is C=CCN(Cc1cc(Br)ccc1F)C(=O)CNc1ccc(C#N)cc1. The molecule has 0 aliphatic heterocycles. The van der Waals surface area contributed by atoms with Crippen LogP contribution in [0.3, 0.4) is 0 Å². The summed E-state index contributed by atoms with van der Waals surface area (Å²) in [5.74, 6) is -0.534. The lowest BCUT2D eigenvalue weighted by Crippen LogP contribution is -2.35. The summed E-state index contributed by atoms with van der Waals surface area (Å²) in [6.07, 6.45) is 1.61. The van der Waals surface area contributed by atoms with E-state index < -0.39 is 0 Å². The van der Waals surface area contributed by atoms with Gasteiger partial charge in [-0.05, 0) is 42.5 Å². The lowest BCUT2D eigenvalue weighted by Gasteiger charge is -2.22. The zero-order valence-electron chi connectivity index (χ0n) is 13.5. The molecule has 0 aromatic heterocycles. The first kappa shape index (κ1) is 18.7. The molecule has 4 nitrogen and oxygen atoms in total. The lowest BCUT2D eigenvalue weighted by atomic mass is 10.2. The number of carbonyl (C=O) groups is 1. The van der Waals surface area contributed by atoms with Crippen molar-refractivity contribution in [3.05, 3.63) is 76.5 Å². The first-order chi connectivity index (χ1) is 12.0. The van der Waals surface area contributed by atoms with Crippen LogP contribution in [0.15, 0.2) is 59.6 Å². The summed E-state index contributed by atoms with van der Waals surface area (Å²) in [7, 11) is 0. The van der Waals surface area contributed by atoms with E-state index in [1.165, 1.54) is 11.0 Å². The molecule has 6 heteroatoms. The van der Waals surface area contributed by atoms with Crippen LogP contribution in [0.1, 0.15) is 11.1 Å². The van der Waals surface area contributed by atoms with Gasteiger partial charge in [0.15, 0.2) is 0 Å². The van der Waals surface area contributed by atoms with E-state index in [9.17, 15) is 9.18 Å².